The molecule has 5 nitrogen and oxygen atoms in total. The Kier molecular flexibility index (Phi) is 4.73. The molecular weight excluding hydrogens is 353 g/mol. The first-order valence-electron chi connectivity index (χ1n) is 6.45. The predicted octanol–water partition coefficient (Wildman–Crippen LogP) is 2.87. The fourth-order valence-corrected chi connectivity index (χ4v) is 2.58. The van der Waals surface area contributed by atoms with Crippen LogP contribution in [0.25, 0.3) is 11.6 Å². The first kappa shape index (κ1) is 14.2. The summed E-state index contributed by atoms with van der Waals surface area (Å²) >= 11 is 2.31. The van der Waals surface area contributed by atoms with Gasteiger partial charge in [0.25, 0.3) is 0 Å². The van der Waals surface area contributed by atoms with Gasteiger partial charge in [-0.3, -0.25) is 0 Å². The highest BCUT2D eigenvalue weighted by molar-refractivity contribution is 14.1. The highest BCUT2D eigenvalue weighted by atomic mass is 127. The zero-order chi connectivity index (χ0) is 13.8. The molecule has 0 radical (unpaired) electrons. The molecule has 0 aliphatic heterocycles. The van der Waals surface area contributed by atoms with E-state index in [2.05, 4.69) is 56.7 Å². The van der Waals surface area contributed by atoms with Crippen molar-refractivity contribution < 1.29 is 0 Å². The molecule has 19 heavy (non-hydrogen) atoms. The lowest BCUT2D eigenvalue weighted by Gasteiger charge is -2.11. The van der Waals surface area contributed by atoms with E-state index in [-0.39, 0.29) is 0 Å². The zero-order valence-corrected chi connectivity index (χ0v) is 13.6. The number of imidazole rings is 1. The van der Waals surface area contributed by atoms with Crippen LogP contribution >= 0.6 is 22.6 Å². The van der Waals surface area contributed by atoms with Crippen molar-refractivity contribution in [2.75, 3.05) is 11.9 Å². The van der Waals surface area contributed by atoms with E-state index < -0.39 is 0 Å². The minimum Gasteiger partial charge on any atom is -0.369 e. The van der Waals surface area contributed by atoms with Crippen molar-refractivity contribution in [1.29, 1.82) is 0 Å². The number of nitrogens with one attached hydrogen (secondary N) is 1. The minimum atomic E-state index is 0.684. The minimum absolute atomic E-state index is 0.684. The van der Waals surface area contributed by atoms with Gasteiger partial charge < -0.3 is 9.88 Å². The van der Waals surface area contributed by atoms with E-state index >= 15 is 0 Å². The van der Waals surface area contributed by atoms with Crippen molar-refractivity contribution in [3.63, 3.8) is 0 Å². The smallest absolute Gasteiger partial charge is 0.198 e. The van der Waals surface area contributed by atoms with Gasteiger partial charge in [0.2, 0.25) is 0 Å². The second-order valence-electron chi connectivity index (χ2n) is 4.30. The molecule has 0 unspecified atom stereocenters. The molecule has 0 aromatic carbocycles. The quantitative estimate of drug-likeness (QED) is 0.822. The van der Waals surface area contributed by atoms with E-state index in [1.807, 2.05) is 17.8 Å². The molecule has 0 saturated carbocycles. The van der Waals surface area contributed by atoms with Crippen LogP contribution in [0.15, 0.2) is 12.4 Å². The monoisotopic (exact) mass is 371 g/mol. The second-order valence-corrected chi connectivity index (χ2v) is 5.38. The van der Waals surface area contributed by atoms with Crippen molar-refractivity contribution >= 4 is 28.4 Å². The van der Waals surface area contributed by atoms with Crippen molar-refractivity contribution in [3.05, 3.63) is 21.7 Å². The lowest BCUT2D eigenvalue weighted by atomic mass is 10.3. The summed E-state index contributed by atoms with van der Waals surface area (Å²) in [6, 6.07) is 0. The van der Waals surface area contributed by atoms with E-state index in [1.165, 1.54) is 0 Å². The molecule has 0 bridgehead atoms. The largest absolute Gasteiger partial charge is 0.369 e. The summed E-state index contributed by atoms with van der Waals surface area (Å²) in [5, 5.41) is 3.36. The third-order valence-corrected chi connectivity index (χ3v) is 3.95. The van der Waals surface area contributed by atoms with Crippen LogP contribution in [0.4, 0.5) is 5.82 Å². The number of nitrogens with zero attached hydrogens (tertiary/aromatic N) is 4. The lowest BCUT2D eigenvalue weighted by molar-refractivity contribution is 0.888. The normalized spacial score (nSPS) is 10.7. The summed E-state index contributed by atoms with van der Waals surface area (Å²) in [6.07, 6.45) is 5.63. The average molecular weight is 371 g/mol. The molecule has 0 amide bonds. The van der Waals surface area contributed by atoms with Gasteiger partial charge in [0.1, 0.15) is 5.82 Å². The molecule has 2 rings (SSSR count). The summed E-state index contributed by atoms with van der Waals surface area (Å²) in [7, 11) is 1.95. The van der Waals surface area contributed by atoms with Gasteiger partial charge in [-0.05, 0) is 35.4 Å². The maximum atomic E-state index is 4.62. The zero-order valence-electron chi connectivity index (χ0n) is 11.4. The van der Waals surface area contributed by atoms with Gasteiger partial charge in [0, 0.05) is 26.0 Å². The maximum absolute atomic E-state index is 4.62. The van der Waals surface area contributed by atoms with Crippen LogP contribution in [0.1, 0.15) is 26.0 Å². The van der Waals surface area contributed by atoms with Crippen LogP contribution in [0.5, 0.6) is 0 Å². The maximum Gasteiger partial charge on any atom is 0.198 e. The van der Waals surface area contributed by atoms with Crippen molar-refractivity contribution in [2.24, 2.45) is 7.05 Å². The van der Waals surface area contributed by atoms with Crippen LogP contribution in [0.3, 0.4) is 0 Å². The van der Waals surface area contributed by atoms with Crippen LogP contribution in [0.2, 0.25) is 0 Å². The molecule has 0 atom stereocenters. The molecule has 2 aromatic rings. The molecule has 102 valence electrons. The van der Waals surface area contributed by atoms with E-state index in [4.69, 9.17) is 0 Å². The Bertz CT molecular complexity index is 564. The Balaban J connectivity index is 2.47. The Morgan fingerprint density at radius 1 is 1.32 bits per heavy atom. The van der Waals surface area contributed by atoms with Gasteiger partial charge >= 0.3 is 0 Å². The summed E-state index contributed by atoms with van der Waals surface area (Å²) in [4.78, 5) is 13.5. The molecule has 2 heterocycles. The van der Waals surface area contributed by atoms with Gasteiger partial charge in [-0.2, -0.15) is 0 Å². The molecule has 0 aliphatic carbocycles. The predicted molar refractivity (Wildman–Crippen MR) is 85.1 cm³/mol. The van der Waals surface area contributed by atoms with Gasteiger partial charge in [-0.15, -0.1) is 0 Å². The van der Waals surface area contributed by atoms with Crippen molar-refractivity contribution in [1.82, 2.24) is 19.5 Å². The second kappa shape index (κ2) is 6.31. The van der Waals surface area contributed by atoms with E-state index in [0.29, 0.717) is 5.82 Å². The molecule has 0 aliphatic rings. The number of halogens is 1. The molecule has 2 aromatic heterocycles. The van der Waals surface area contributed by atoms with Crippen LogP contribution in [0, 0.1) is 3.57 Å². The number of anilines is 1. The Morgan fingerprint density at radius 2 is 2.11 bits per heavy atom. The fraction of sp³-hybridized carbons (Fsp3) is 0.462. The third-order valence-electron chi connectivity index (χ3n) is 2.82. The topological polar surface area (TPSA) is 55.6 Å². The van der Waals surface area contributed by atoms with Crippen LogP contribution < -0.4 is 5.32 Å². The molecular formula is C13H18IN5. The van der Waals surface area contributed by atoms with Crippen molar-refractivity contribution in [3.8, 4) is 11.6 Å². The number of hydrogen-bond donors (Lipinski definition) is 1. The number of aryl methyl sites for hydroxylation is 2. The van der Waals surface area contributed by atoms with E-state index in [0.717, 1.165) is 40.3 Å². The van der Waals surface area contributed by atoms with Crippen LogP contribution in [-0.4, -0.2) is 26.1 Å². The number of hydrogen-bond acceptors (Lipinski definition) is 4. The lowest BCUT2D eigenvalue weighted by Crippen LogP contribution is -2.10. The van der Waals surface area contributed by atoms with Crippen molar-refractivity contribution in [2.45, 2.75) is 26.7 Å². The standard InChI is InChI=1S/C13H18IN5/c1-4-6-15-11-10(14)9(5-2)17-12(18-11)13-16-7-8-19(13)3/h7-8H,4-6H2,1-3H3,(H,15,17,18). The first-order chi connectivity index (χ1) is 9.17. The Hall–Kier alpha value is -1.18. The molecule has 1 N–H and O–H groups in total. The molecule has 0 fully saturated rings. The first-order valence-corrected chi connectivity index (χ1v) is 7.53. The van der Waals surface area contributed by atoms with Gasteiger partial charge in [-0.1, -0.05) is 13.8 Å². The van der Waals surface area contributed by atoms with Gasteiger partial charge in [0.15, 0.2) is 11.6 Å². The van der Waals surface area contributed by atoms with Crippen LogP contribution in [-0.2, 0) is 13.5 Å². The fourth-order valence-electron chi connectivity index (χ4n) is 1.77. The summed E-state index contributed by atoms with van der Waals surface area (Å²) in [5.41, 5.74) is 1.06. The van der Waals surface area contributed by atoms with E-state index in [9.17, 15) is 0 Å². The van der Waals surface area contributed by atoms with Gasteiger partial charge in [0.05, 0.1) is 9.26 Å². The molecule has 6 heteroatoms. The highest BCUT2D eigenvalue weighted by Gasteiger charge is 2.14. The molecule has 0 saturated heterocycles. The molecule has 0 spiro atoms. The van der Waals surface area contributed by atoms with E-state index in [1.54, 1.807) is 6.20 Å². The number of aromatic nitrogens is 4. The Labute approximate surface area is 127 Å². The number of rotatable bonds is 5. The average Bonchev–Trinajstić information content (AvgIpc) is 2.84. The SMILES string of the molecule is CCCNc1nc(-c2nccn2C)nc(CC)c1I. The Morgan fingerprint density at radius 3 is 2.68 bits per heavy atom. The van der Waals surface area contributed by atoms with Gasteiger partial charge in [-0.25, -0.2) is 15.0 Å². The summed E-state index contributed by atoms with van der Waals surface area (Å²) < 4.78 is 3.04. The highest BCUT2D eigenvalue weighted by Crippen LogP contribution is 2.23. The summed E-state index contributed by atoms with van der Waals surface area (Å²) in [5.74, 6) is 2.39. The summed E-state index contributed by atoms with van der Waals surface area (Å²) in [6.45, 7) is 5.16. The third kappa shape index (κ3) is 3.05.